The zero-order chi connectivity index (χ0) is 22.4. The standard InChI is InChI=1S/C21H31N3OS.C4H9NO/c1-17-7-9-23-21-19(17)15-18(25-2)16-20(21)22-8-5-3-4-6-10-24-11-13-26-14-12-24;1-3-6-4-2-5-1/h7,9,15-16,22H,3-6,8,10-14H2,1-2H3;5H,1-4H2. The highest BCUT2D eigenvalue weighted by atomic mass is 32.2. The second kappa shape index (κ2) is 14.6. The maximum atomic E-state index is 5.46. The molecule has 178 valence electrons. The van der Waals surface area contributed by atoms with Crippen LogP contribution in [0.3, 0.4) is 0 Å². The number of unbranched alkanes of at least 4 members (excludes halogenated alkanes) is 3. The van der Waals surface area contributed by atoms with Crippen molar-refractivity contribution in [2.45, 2.75) is 32.6 Å². The normalized spacial score (nSPS) is 16.9. The first-order chi connectivity index (χ1) is 15.8. The third-order valence-electron chi connectivity index (χ3n) is 5.94. The Labute approximate surface area is 197 Å². The highest BCUT2D eigenvalue weighted by Gasteiger charge is 2.09. The van der Waals surface area contributed by atoms with Gasteiger partial charge in [-0.1, -0.05) is 12.8 Å². The van der Waals surface area contributed by atoms with Gasteiger partial charge >= 0.3 is 0 Å². The van der Waals surface area contributed by atoms with E-state index in [1.165, 1.54) is 62.4 Å². The van der Waals surface area contributed by atoms with E-state index < -0.39 is 0 Å². The number of methoxy groups -OCH3 is 1. The Morgan fingerprint density at radius 1 is 1.12 bits per heavy atom. The minimum absolute atomic E-state index is 0.885. The van der Waals surface area contributed by atoms with Gasteiger partial charge in [-0.15, -0.1) is 0 Å². The summed E-state index contributed by atoms with van der Waals surface area (Å²) in [6.07, 6.45) is 7.01. The van der Waals surface area contributed by atoms with E-state index in [0.29, 0.717) is 0 Å². The number of hydrogen-bond donors (Lipinski definition) is 2. The van der Waals surface area contributed by atoms with E-state index in [9.17, 15) is 0 Å². The Morgan fingerprint density at radius 2 is 1.91 bits per heavy atom. The number of anilines is 1. The number of hydrogen-bond acceptors (Lipinski definition) is 7. The number of nitrogens with one attached hydrogen (secondary N) is 2. The minimum atomic E-state index is 0.885. The Hall–Kier alpha value is -1.54. The number of fused-ring (bicyclic) bond motifs is 1. The van der Waals surface area contributed by atoms with Crippen molar-refractivity contribution in [3.63, 3.8) is 0 Å². The fourth-order valence-electron chi connectivity index (χ4n) is 3.99. The molecule has 0 amide bonds. The van der Waals surface area contributed by atoms with Gasteiger partial charge in [0, 0.05) is 61.9 Å². The largest absolute Gasteiger partial charge is 0.497 e. The van der Waals surface area contributed by atoms with Gasteiger partial charge in [-0.2, -0.15) is 11.8 Å². The molecule has 2 fully saturated rings. The maximum Gasteiger partial charge on any atom is 0.121 e. The predicted octanol–water partition coefficient (Wildman–Crippen LogP) is 4.18. The van der Waals surface area contributed by atoms with Gasteiger partial charge in [-0.05, 0) is 44.0 Å². The zero-order valence-electron chi connectivity index (χ0n) is 19.8. The van der Waals surface area contributed by atoms with Crippen molar-refractivity contribution < 1.29 is 9.47 Å². The molecular weight excluding hydrogens is 420 g/mol. The van der Waals surface area contributed by atoms with Crippen LogP contribution in [0.15, 0.2) is 24.4 Å². The van der Waals surface area contributed by atoms with Crippen LogP contribution in [0.2, 0.25) is 0 Å². The molecule has 3 heterocycles. The molecule has 0 atom stereocenters. The van der Waals surface area contributed by atoms with Crippen molar-refractivity contribution >= 4 is 28.4 Å². The summed E-state index contributed by atoms with van der Waals surface area (Å²) in [6.45, 7) is 10.8. The van der Waals surface area contributed by atoms with Crippen LogP contribution in [0.25, 0.3) is 10.9 Å². The second-order valence-corrected chi connectivity index (χ2v) is 9.58. The van der Waals surface area contributed by atoms with Crippen LogP contribution >= 0.6 is 11.8 Å². The van der Waals surface area contributed by atoms with Crippen LogP contribution in [-0.4, -0.2) is 81.0 Å². The number of morpholine rings is 1. The third kappa shape index (κ3) is 8.43. The van der Waals surface area contributed by atoms with Gasteiger partial charge in [0.05, 0.1) is 31.5 Å². The van der Waals surface area contributed by atoms with Crippen LogP contribution in [-0.2, 0) is 4.74 Å². The average Bonchev–Trinajstić information content (AvgIpc) is 2.86. The monoisotopic (exact) mass is 460 g/mol. The summed E-state index contributed by atoms with van der Waals surface area (Å²) in [6, 6.07) is 6.18. The SMILES string of the molecule is C1COCCN1.COc1cc(NCCCCCCN2CCSCC2)c2nccc(C)c2c1. The molecule has 1 aromatic carbocycles. The molecule has 0 aliphatic carbocycles. The van der Waals surface area contributed by atoms with Gasteiger partial charge < -0.3 is 25.0 Å². The van der Waals surface area contributed by atoms with Crippen LogP contribution in [0, 0.1) is 6.92 Å². The van der Waals surface area contributed by atoms with Crippen LogP contribution in [0.1, 0.15) is 31.2 Å². The Morgan fingerprint density at radius 3 is 2.59 bits per heavy atom. The fourth-order valence-corrected chi connectivity index (χ4v) is 4.97. The molecule has 4 rings (SSSR count). The third-order valence-corrected chi connectivity index (χ3v) is 6.88. The van der Waals surface area contributed by atoms with Crippen molar-refractivity contribution in [1.82, 2.24) is 15.2 Å². The molecule has 0 spiro atoms. The van der Waals surface area contributed by atoms with E-state index in [-0.39, 0.29) is 0 Å². The van der Waals surface area contributed by atoms with Crippen LogP contribution in [0.5, 0.6) is 5.75 Å². The zero-order valence-corrected chi connectivity index (χ0v) is 20.6. The smallest absolute Gasteiger partial charge is 0.121 e. The minimum Gasteiger partial charge on any atom is -0.497 e. The highest BCUT2D eigenvalue weighted by molar-refractivity contribution is 7.99. The molecule has 6 nitrogen and oxygen atoms in total. The number of pyridine rings is 1. The van der Waals surface area contributed by atoms with Crippen molar-refractivity contribution in [3.05, 3.63) is 30.0 Å². The molecule has 0 saturated carbocycles. The number of thioether (sulfide) groups is 1. The van der Waals surface area contributed by atoms with Crippen molar-refractivity contribution in [2.24, 2.45) is 0 Å². The first-order valence-corrected chi connectivity index (χ1v) is 13.2. The number of rotatable bonds is 9. The average molecular weight is 461 g/mol. The van der Waals surface area contributed by atoms with E-state index in [4.69, 9.17) is 9.47 Å². The summed E-state index contributed by atoms with van der Waals surface area (Å²) < 4.78 is 10.5. The molecule has 2 aromatic rings. The fraction of sp³-hybridized carbons (Fsp3) is 0.640. The lowest BCUT2D eigenvalue weighted by Gasteiger charge is -2.25. The van der Waals surface area contributed by atoms with E-state index in [2.05, 4.69) is 51.3 Å². The molecule has 2 saturated heterocycles. The quantitative estimate of drug-likeness (QED) is 0.545. The lowest BCUT2D eigenvalue weighted by Crippen LogP contribution is -2.33. The van der Waals surface area contributed by atoms with Crippen molar-refractivity contribution in [2.75, 3.05) is 76.4 Å². The molecule has 2 aliphatic rings. The van der Waals surface area contributed by atoms with E-state index in [0.717, 1.165) is 55.2 Å². The van der Waals surface area contributed by atoms with E-state index in [1.807, 2.05) is 12.3 Å². The molecular formula is C25H40N4O2S. The summed E-state index contributed by atoms with van der Waals surface area (Å²) in [5, 5.41) is 7.90. The highest BCUT2D eigenvalue weighted by Crippen LogP contribution is 2.29. The number of aryl methyl sites for hydroxylation is 1. The molecule has 32 heavy (non-hydrogen) atoms. The Kier molecular flexibility index (Phi) is 11.4. The van der Waals surface area contributed by atoms with Gasteiger partial charge in [0.25, 0.3) is 0 Å². The Bertz CT molecular complexity index is 783. The summed E-state index contributed by atoms with van der Waals surface area (Å²) >= 11 is 2.09. The van der Waals surface area contributed by atoms with Crippen molar-refractivity contribution in [3.8, 4) is 5.75 Å². The van der Waals surface area contributed by atoms with Gasteiger partial charge in [0.1, 0.15) is 5.75 Å². The summed E-state index contributed by atoms with van der Waals surface area (Å²) in [5.41, 5.74) is 3.34. The molecule has 1 aromatic heterocycles. The van der Waals surface area contributed by atoms with Crippen LogP contribution in [0.4, 0.5) is 5.69 Å². The van der Waals surface area contributed by atoms with E-state index in [1.54, 1.807) is 7.11 Å². The molecule has 0 bridgehead atoms. The number of benzene rings is 1. The first kappa shape index (κ1) is 25.1. The second-order valence-electron chi connectivity index (χ2n) is 8.36. The Balaban J connectivity index is 0.000000416. The summed E-state index contributed by atoms with van der Waals surface area (Å²) in [5.74, 6) is 3.51. The molecule has 7 heteroatoms. The van der Waals surface area contributed by atoms with Crippen LogP contribution < -0.4 is 15.4 Å². The number of aromatic nitrogens is 1. The maximum absolute atomic E-state index is 5.46. The number of nitrogens with zero attached hydrogens (tertiary/aromatic N) is 2. The molecule has 2 N–H and O–H groups in total. The van der Waals surface area contributed by atoms with Gasteiger partial charge in [-0.3, -0.25) is 4.98 Å². The van der Waals surface area contributed by atoms with Gasteiger partial charge in [0.15, 0.2) is 0 Å². The van der Waals surface area contributed by atoms with Gasteiger partial charge in [0.2, 0.25) is 0 Å². The lowest BCUT2D eigenvalue weighted by atomic mass is 10.1. The summed E-state index contributed by atoms with van der Waals surface area (Å²) in [7, 11) is 1.72. The first-order valence-electron chi connectivity index (χ1n) is 12.0. The summed E-state index contributed by atoms with van der Waals surface area (Å²) in [4.78, 5) is 7.19. The molecule has 0 unspecified atom stereocenters. The lowest BCUT2D eigenvalue weighted by molar-refractivity contribution is 0.109. The van der Waals surface area contributed by atoms with E-state index >= 15 is 0 Å². The number of ether oxygens (including phenoxy) is 2. The van der Waals surface area contributed by atoms with Gasteiger partial charge in [-0.25, -0.2) is 0 Å². The molecule has 2 aliphatic heterocycles. The topological polar surface area (TPSA) is 58.6 Å². The molecule has 0 radical (unpaired) electrons. The van der Waals surface area contributed by atoms with Crippen molar-refractivity contribution in [1.29, 1.82) is 0 Å². The predicted molar refractivity (Wildman–Crippen MR) is 137 cm³/mol.